The lowest BCUT2D eigenvalue weighted by atomic mass is 9.76. The Bertz CT molecular complexity index is 1250. The van der Waals surface area contributed by atoms with Crippen molar-refractivity contribution in [3.05, 3.63) is 58.0 Å². The maximum Gasteiger partial charge on any atom is 0.328 e. The van der Waals surface area contributed by atoms with Crippen molar-refractivity contribution in [1.82, 2.24) is 20.1 Å². The molecule has 10 nitrogen and oxygen atoms in total. The Morgan fingerprint density at radius 1 is 0.941 bits per heavy atom. The van der Waals surface area contributed by atoms with Gasteiger partial charge in [0.1, 0.15) is 5.41 Å². The van der Waals surface area contributed by atoms with E-state index in [2.05, 4.69) is 15.5 Å². The van der Waals surface area contributed by atoms with Crippen molar-refractivity contribution >= 4 is 17.8 Å². The topological polar surface area (TPSA) is 119 Å². The Balaban J connectivity index is 1.31. The van der Waals surface area contributed by atoms with Gasteiger partial charge in [0.2, 0.25) is 18.6 Å². The van der Waals surface area contributed by atoms with Crippen LogP contribution in [0.25, 0.3) is 0 Å². The summed E-state index contributed by atoms with van der Waals surface area (Å²) in [5.74, 6) is 0.348. The zero-order valence-corrected chi connectivity index (χ0v) is 18.4. The number of carbonyl (C=O) groups is 3. The van der Waals surface area contributed by atoms with Crippen LogP contribution in [0.4, 0.5) is 4.79 Å². The second-order valence-corrected chi connectivity index (χ2v) is 9.58. The molecule has 0 spiro atoms. The van der Waals surface area contributed by atoms with Gasteiger partial charge in [-0.1, -0.05) is 12.1 Å². The zero-order valence-electron chi connectivity index (χ0n) is 18.4. The van der Waals surface area contributed by atoms with Crippen LogP contribution in [-0.4, -0.2) is 53.7 Å². The minimum atomic E-state index is -1.48. The molecule has 2 saturated heterocycles. The Hall–Kier alpha value is -3.66. The van der Waals surface area contributed by atoms with Crippen LogP contribution in [0.5, 0.6) is 11.5 Å². The average molecular weight is 464 g/mol. The summed E-state index contributed by atoms with van der Waals surface area (Å²) in [6.07, 6.45) is 1.07. The number of hydrogen-bond donors (Lipinski definition) is 2. The maximum absolute atomic E-state index is 13.2. The Labute approximate surface area is 194 Å². The molecular formula is C24H24N4O6. The number of fused-ring (bicyclic) bond motifs is 5. The molecular weight excluding hydrogens is 440 g/mol. The third kappa shape index (κ3) is 3.37. The number of hydrogen-bond acceptors (Lipinski definition) is 7. The van der Waals surface area contributed by atoms with Gasteiger partial charge in [-0.25, -0.2) is 4.79 Å². The van der Waals surface area contributed by atoms with Crippen molar-refractivity contribution in [3.63, 3.8) is 0 Å². The molecule has 34 heavy (non-hydrogen) atoms. The molecule has 0 unspecified atom stereocenters. The number of nitrogens with zero attached hydrogens (tertiary/aromatic N) is 2. The first-order valence-electron chi connectivity index (χ1n) is 11.4. The van der Waals surface area contributed by atoms with Crippen LogP contribution in [0.2, 0.25) is 0 Å². The van der Waals surface area contributed by atoms with Crippen LogP contribution in [-0.2, 0) is 22.6 Å². The number of nitrogens with one attached hydrogen (secondary N) is 2. The number of likely N-dealkylation sites (tertiary alicyclic amines) is 1. The van der Waals surface area contributed by atoms with E-state index < -0.39 is 23.3 Å². The van der Waals surface area contributed by atoms with Crippen LogP contribution >= 0.6 is 0 Å². The number of ether oxygens (including phenoxy) is 2. The number of benzene rings is 1. The van der Waals surface area contributed by atoms with Gasteiger partial charge in [0.25, 0.3) is 5.56 Å². The van der Waals surface area contributed by atoms with Crippen LogP contribution in [0.1, 0.15) is 23.6 Å². The summed E-state index contributed by atoms with van der Waals surface area (Å²) < 4.78 is 12.7. The highest BCUT2D eigenvalue weighted by Crippen LogP contribution is 2.39. The van der Waals surface area contributed by atoms with E-state index in [1.54, 1.807) is 30.3 Å². The molecule has 10 heteroatoms. The molecule has 2 atom stereocenters. The molecule has 0 radical (unpaired) electrons. The second-order valence-electron chi connectivity index (χ2n) is 9.58. The average Bonchev–Trinajstić information content (AvgIpc) is 3.26. The summed E-state index contributed by atoms with van der Waals surface area (Å²) in [5, 5.41) is 4.60. The molecule has 2 fully saturated rings. The standard InChI is InChI=1S/C24H24N4O6/c29-20-3-1-2-17-16-6-15(10-28(17)20)9-27(11-16)12-24(21(30)25-23(32)26-22(24)31)8-14-4-5-18-19(7-14)34-13-33-18/h1-5,7,15-16H,6,8-13H2,(H2,25,26,30,31,32)/t15-,16+/m1/s1. The predicted octanol–water partition coefficient (Wildman–Crippen LogP) is 0.591. The highest BCUT2D eigenvalue weighted by molar-refractivity contribution is 6.19. The van der Waals surface area contributed by atoms with E-state index in [0.29, 0.717) is 31.1 Å². The number of barbiturate groups is 1. The molecule has 1 aromatic carbocycles. The minimum Gasteiger partial charge on any atom is -0.454 e. The van der Waals surface area contributed by atoms with Crippen molar-refractivity contribution in [2.75, 3.05) is 26.4 Å². The number of carbonyl (C=O) groups excluding carboxylic acids is 3. The quantitative estimate of drug-likeness (QED) is 0.636. The van der Waals surface area contributed by atoms with Gasteiger partial charge in [-0.05, 0) is 42.5 Å². The van der Waals surface area contributed by atoms with Crippen molar-refractivity contribution in [3.8, 4) is 11.5 Å². The maximum atomic E-state index is 13.2. The number of urea groups is 1. The van der Waals surface area contributed by atoms with Crippen LogP contribution in [0, 0.1) is 11.3 Å². The van der Waals surface area contributed by atoms with Gasteiger partial charge in [0.05, 0.1) is 0 Å². The lowest BCUT2D eigenvalue weighted by molar-refractivity contribution is -0.146. The first-order valence-corrected chi connectivity index (χ1v) is 11.4. The predicted molar refractivity (Wildman–Crippen MR) is 118 cm³/mol. The van der Waals surface area contributed by atoms with Gasteiger partial charge < -0.3 is 18.9 Å². The molecule has 2 bridgehead atoms. The van der Waals surface area contributed by atoms with E-state index in [4.69, 9.17) is 9.47 Å². The summed E-state index contributed by atoms with van der Waals surface area (Å²) in [7, 11) is 0. The SMILES string of the molecule is O=C1NC(=O)C(Cc2ccc3c(c2)OCO3)(CN2C[C@H]3C[C@@H](C2)c2cccc(=O)n2C3)C(=O)N1. The van der Waals surface area contributed by atoms with Gasteiger partial charge in [-0.3, -0.25) is 25.0 Å². The highest BCUT2D eigenvalue weighted by atomic mass is 16.7. The lowest BCUT2D eigenvalue weighted by Crippen LogP contribution is -2.67. The van der Waals surface area contributed by atoms with Crippen molar-refractivity contribution < 1.29 is 23.9 Å². The molecule has 4 aliphatic heterocycles. The van der Waals surface area contributed by atoms with Gasteiger partial charge in [-0.15, -0.1) is 0 Å². The Morgan fingerprint density at radius 2 is 1.74 bits per heavy atom. The van der Waals surface area contributed by atoms with E-state index in [9.17, 15) is 19.2 Å². The minimum absolute atomic E-state index is 0.00415. The third-order valence-corrected chi connectivity index (χ3v) is 7.32. The number of piperidine rings is 1. The number of imide groups is 2. The summed E-state index contributed by atoms with van der Waals surface area (Å²) >= 11 is 0. The Morgan fingerprint density at radius 3 is 2.56 bits per heavy atom. The van der Waals surface area contributed by atoms with Crippen LogP contribution in [0.3, 0.4) is 0 Å². The molecule has 1 aromatic heterocycles. The second kappa shape index (κ2) is 7.69. The number of pyridine rings is 1. The highest BCUT2D eigenvalue weighted by Gasteiger charge is 2.52. The molecule has 6 rings (SSSR count). The van der Waals surface area contributed by atoms with Crippen molar-refractivity contribution in [2.24, 2.45) is 11.3 Å². The molecule has 0 aliphatic carbocycles. The van der Waals surface area contributed by atoms with Gasteiger partial charge >= 0.3 is 6.03 Å². The van der Waals surface area contributed by atoms with E-state index >= 15 is 0 Å². The van der Waals surface area contributed by atoms with E-state index in [1.807, 2.05) is 10.6 Å². The van der Waals surface area contributed by atoms with E-state index in [-0.39, 0.29) is 37.2 Å². The number of amides is 4. The van der Waals surface area contributed by atoms with E-state index in [0.717, 1.165) is 17.7 Å². The lowest BCUT2D eigenvalue weighted by Gasteiger charge is -2.46. The molecule has 2 aromatic rings. The summed E-state index contributed by atoms with van der Waals surface area (Å²) in [4.78, 5) is 52.8. The molecule has 4 amide bonds. The van der Waals surface area contributed by atoms with E-state index in [1.165, 1.54) is 0 Å². The molecule has 2 N–H and O–H groups in total. The molecule has 0 saturated carbocycles. The fourth-order valence-electron chi connectivity index (χ4n) is 5.85. The Kier molecular flexibility index (Phi) is 4.73. The molecule has 5 heterocycles. The summed E-state index contributed by atoms with van der Waals surface area (Å²) in [6, 6.07) is 9.87. The normalized spacial score (nSPS) is 24.9. The fraction of sp³-hybridized carbons (Fsp3) is 0.417. The van der Waals surface area contributed by atoms with Crippen LogP contribution < -0.4 is 25.7 Å². The number of rotatable bonds is 4. The van der Waals surface area contributed by atoms with Gasteiger partial charge in [0.15, 0.2) is 11.5 Å². The third-order valence-electron chi connectivity index (χ3n) is 7.32. The first kappa shape index (κ1) is 20.9. The monoisotopic (exact) mass is 464 g/mol. The summed E-state index contributed by atoms with van der Waals surface area (Å²) in [5.41, 5.74) is 0.248. The number of aromatic nitrogens is 1. The fourth-order valence-corrected chi connectivity index (χ4v) is 5.85. The first-order chi connectivity index (χ1) is 16.4. The molecule has 4 aliphatic rings. The van der Waals surface area contributed by atoms with Crippen LogP contribution in [0.15, 0.2) is 41.2 Å². The van der Waals surface area contributed by atoms with Gasteiger partial charge in [0, 0.05) is 43.9 Å². The molecule has 176 valence electrons. The smallest absolute Gasteiger partial charge is 0.328 e. The van der Waals surface area contributed by atoms with Crippen molar-refractivity contribution in [2.45, 2.75) is 25.3 Å². The largest absolute Gasteiger partial charge is 0.454 e. The van der Waals surface area contributed by atoms with Gasteiger partial charge in [-0.2, -0.15) is 0 Å². The van der Waals surface area contributed by atoms with Crippen molar-refractivity contribution in [1.29, 1.82) is 0 Å². The summed E-state index contributed by atoms with van der Waals surface area (Å²) in [6.45, 7) is 2.19. The zero-order chi connectivity index (χ0) is 23.4.